The summed E-state index contributed by atoms with van der Waals surface area (Å²) >= 11 is 0. The van der Waals surface area contributed by atoms with Crippen molar-refractivity contribution in [2.75, 3.05) is 11.5 Å². The Bertz CT molecular complexity index is 1260. The van der Waals surface area contributed by atoms with E-state index in [1.165, 1.54) is 4.90 Å². The molecule has 1 unspecified atom stereocenters. The molecule has 0 aromatic heterocycles. The zero-order valence-electron chi connectivity index (χ0n) is 19.9. The van der Waals surface area contributed by atoms with E-state index in [1.807, 2.05) is 62.4 Å². The zero-order valence-corrected chi connectivity index (χ0v) is 19.9. The lowest BCUT2D eigenvalue weighted by Crippen LogP contribution is -2.29. The van der Waals surface area contributed by atoms with Crippen molar-refractivity contribution < 1.29 is 19.4 Å². The SMILES string of the molecule is Cc1cccc(N2C(=O)C(=O)/C(=C(/O)c3ccc(OCC(C)C)cc3)C2c2ccccc2C)c1. The lowest BCUT2D eigenvalue weighted by atomic mass is 9.92. The van der Waals surface area contributed by atoms with Gasteiger partial charge >= 0.3 is 0 Å². The van der Waals surface area contributed by atoms with Gasteiger partial charge in [0.25, 0.3) is 11.7 Å². The maximum atomic E-state index is 13.3. The second-order valence-electron chi connectivity index (χ2n) is 9.09. The Morgan fingerprint density at radius 1 is 0.971 bits per heavy atom. The van der Waals surface area contributed by atoms with Gasteiger partial charge in [0.2, 0.25) is 0 Å². The summed E-state index contributed by atoms with van der Waals surface area (Å²) < 4.78 is 5.73. The van der Waals surface area contributed by atoms with Gasteiger partial charge in [-0.1, -0.05) is 50.2 Å². The fourth-order valence-corrected chi connectivity index (χ4v) is 4.19. The Balaban J connectivity index is 1.84. The number of nitrogens with zero attached hydrogens (tertiary/aromatic N) is 1. The largest absolute Gasteiger partial charge is 0.507 e. The second-order valence-corrected chi connectivity index (χ2v) is 9.09. The summed E-state index contributed by atoms with van der Waals surface area (Å²) in [5, 5.41) is 11.3. The molecule has 1 fully saturated rings. The first-order valence-corrected chi connectivity index (χ1v) is 11.4. The summed E-state index contributed by atoms with van der Waals surface area (Å²) in [6.07, 6.45) is 0. The second kappa shape index (κ2) is 9.56. The van der Waals surface area contributed by atoms with Crippen molar-refractivity contribution in [1.82, 2.24) is 0 Å². The molecule has 1 N–H and O–H groups in total. The number of ketones is 1. The Hall–Kier alpha value is -3.86. The molecular weight excluding hydrogens is 426 g/mol. The number of rotatable bonds is 6. The minimum Gasteiger partial charge on any atom is -0.507 e. The molecule has 0 saturated carbocycles. The van der Waals surface area contributed by atoms with E-state index in [2.05, 4.69) is 13.8 Å². The molecule has 34 heavy (non-hydrogen) atoms. The van der Waals surface area contributed by atoms with Gasteiger partial charge in [-0.15, -0.1) is 0 Å². The minimum absolute atomic E-state index is 0.0802. The van der Waals surface area contributed by atoms with Gasteiger partial charge in [0, 0.05) is 11.3 Å². The van der Waals surface area contributed by atoms with Crippen molar-refractivity contribution in [3.8, 4) is 5.75 Å². The highest BCUT2D eigenvalue weighted by Crippen LogP contribution is 2.43. The molecule has 1 aliphatic heterocycles. The van der Waals surface area contributed by atoms with Crippen molar-refractivity contribution >= 4 is 23.1 Å². The van der Waals surface area contributed by atoms with Crippen LogP contribution in [0.3, 0.4) is 0 Å². The third-order valence-electron chi connectivity index (χ3n) is 5.92. The Morgan fingerprint density at radius 2 is 1.68 bits per heavy atom. The van der Waals surface area contributed by atoms with Crippen LogP contribution in [0.4, 0.5) is 5.69 Å². The number of anilines is 1. The predicted octanol–water partition coefficient (Wildman–Crippen LogP) is 5.96. The van der Waals surface area contributed by atoms with Crippen LogP contribution in [-0.4, -0.2) is 23.4 Å². The highest BCUT2D eigenvalue weighted by atomic mass is 16.5. The molecule has 5 nitrogen and oxygen atoms in total. The van der Waals surface area contributed by atoms with E-state index in [0.717, 1.165) is 16.7 Å². The molecule has 1 saturated heterocycles. The molecule has 5 heteroatoms. The van der Waals surface area contributed by atoms with Crippen LogP contribution in [0.5, 0.6) is 5.75 Å². The molecule has 3 aromatic rings. The first kappa shape index (κ1) is 23.3. The van der Waals surface area contributed by atoms with Gasteiger partial charge in [0.05, 0.1) is 18.2 Å². The molecule has 1 atom stereocenters. The molecule has 0 spiro atoms. The number of aryl methyl sites for hydroxylation is 2. The van der Waals surface area contributed by atoms with Crippen LogP contribution >= 0.6 is 0 Å². The van der Waals surface area contributed by atoms with Crippen LogP contribution in [0.2, 0.25) is 0 Å². The number of aliphatic hydroxyl groups is 1. The van der Waals surface area contributed by atoms with Crippen molar-refractivity contribution in [3.63, 3.8) is 0 Å². The number of carbonyl (C=O) groups is 2. The van der Waals surface area contributed by atoms with Crippen molar-refractivity contribution in [2.24, 2.45) is 5.92 Å². The number of aliphatic hydroxyl groups excluding tert-OH is 1. The van der Waals surface area contributed by atoms with Crippen LogP contribution in [0.15, 0.2) is 78.4 Å². The average molecular weight is 456 g/mol. The third-order valence-corrected chi connectivity index (χ3v) is 5.92. The zero-order chi connectivity index (χ0) is 24.4. The predicted molar refractivity (Wildman–Crippen MR) is 134 cm³/mol. The number of carbonyl (C=O) groups excluding carboxylic acids is 2. The van der Waals surface area contributed by atoms with Gasteiger partial charge in [-0.3, -0.25) is 14.5 Å². The Kier molecular flexibility index (Phi) is 6.55. The van der Waals surface area contributed by atoms with E-state index < -0.39 is 17.7 Å². The van der Waals surface area contributed by atoms with Gasteiger partial charge < -0.3 is 9.84 Å². The van der Waals surface area contributed by atoms with Gasteiger partial charge in [0.1, 0.15) is 11.5 Å². The molecular formula is C29H29NO4. The Morgan fingerprint density at radius 3 is 2.32 bits per heavy atom. The van der Waals surface area contributed by atoms with E-state index in [4.69, 9.17) is 4.74 Å². The molecule has 0 bridgehead atoms. The van der Waals surface area contributed by atoms with Gasteiger partial charge in [-0.05, 0) is 72.9 Å². The van der Waals surface area contributed by atoms with Crippen LogP contribution in [0.1, 0.15) is 42.1 Å². The van der Waals surface area contributed by atoms with Gasteiger partial charge in [0.15, 0.2) is 0 Å². The fraction of sp³-hybridized carbons (Fsp3) is 0.241. The standard InChI is InChI=1S/C29H29NO4/c1-18(2)17-34-23-14-12-21(13-15-23)27(31)25-26(24-11-6-5-9-20(24)4)30(29(33)28(25)32)22-10-7-8-19(3)16-22/h5-16,18,26,31H,17H2,1-4H3/b27-25+. The van der Waals surface area contributed by atoms with Crippen LogP contribution in [0, 0.1) is 19.8 Å². The summed E-state index contributed by atoms with van der Waals surface area (Å²) in [4.78, 5) is 28.1. The molecule has 1 aliphatic rings. The summed E-state index contributed by atoms with van der Waals surface area (Å²) in [5.74, 6) is -0.484. The summed E-state index contributed by atoms with van der Waals surface area (Å²) in [6.45, 7) is 8.59. The van der Waals surface area contributed by atoms with Crippen molar-refractivity contribution in [2.45, 2.75) is 33.7 Å². The number of benzene rings is 3. The molecule has 174 valence electrons. The maximum absolute atomic E-state index is 13.3. The first-order chi connectivity index (χ1) is 16.3. The third kappa shape index (κ3) is 4.46. The van der Waals surface area contributed by atoms with Crippen LogP contribution in [-0.2, 0) is 9.59 Å². The molecule has 1 heterocycles. The van der Waals surface area contributed by atoms with Crippen LogP contribution in [0.25, 0.3) is 5.76 Å². The summed E-state index contributed by atoms with van der Waals surface area (Å²) in [7, 11) is 0. The summed E-state index contributed by atoms with van der Waals surface area (Å²) in [6, 6.07) is 21.3. The van der Waals surface area contributed by atoms with Gasteiger partial charge in [-0.25, -0.2) is 0 Å². The fourth-order valence-electron chi connectivity index (χ4n) is 4.19. The molecule has 1 amide bonds. The van der Waals surface area contributed by atoms with E-state index in [-0.39, 0.29) is 11.3 Å². The molecule has 4 rings (SSSR count). The minimum atomic E-state index is -0.736. The molecule has 0 aliphatic carbocycles. The number of hydrogen-bond acceptors (Lipinski definition) is 4. The molecule has 0 radical (unpaired) electrons. The highest BCUT2D eigenvalue weighted by molar-refractivity contribution is 6.51. The smallest absolute Gasteiger partial charge is 0.300 e. The van der Waals surface area contributed by atoms with Crippen molar-refractivity contribution in [3.05, 3.63) is 101 Å². The number of Topliss-reactive ketones (excluding diaryl/α,β-unsaturated/α-hetero) is 1. The summed E-state index contributed by atoms with van der Waals surface area (Å²) in [5.41, 5.74) is 3.85. The van der Waals surface area contributed by atoms with Gasteiger partial charge in [-0.2, -0.15) is 0 Å². The van der Waals surface area contributed by atoms with Crippen molar-refractivity contribution in [1.29, 1.82) is 0 Å². The van der Waals surface area contributed by atoms with E-state index in [0.29, 0.717) is 29.5 Å². The monoisotopic (exact) mass is 455 g/mol. The van der Waals surface area contributed by atoms with E-state index >= 15 is 0 Å². The molecule has 3 aromatic carbocycles. The topological polar surface area (TPSA) is 66.8 Å². The lowest BCUT2D eigenvalue weighted by Gasteiger charge is -2.27. The lowest BCUT2D eigenvalue weighted by molar-refractivity contribution is -0.132. The van der Waals surface area contributed by atoms with Crippen LogP contribution < -0.4 is 9.64 Å². The quantitative estimate of drug-likeness (QED) is 0.283. The Labute approximate surface area is 200 Å². The first-order valence-electron chi connectivity index (χ1n) is 11.4. The number of amides is 1. The normalized spacial score (nSPS) is 17.4. The van der Waals surface area contributed by atoms with E-state index in [1.54, 1.807) is 24.3 Å². The highest BCUT2D eigenvalue weighted by Gasteiger charge is 2.47. The van der Waals surface area contributed by atoms with E-state index in [9.17, 15) is 14.7 Å². The number of ether oxygens (including phenoxy) is 1. The maximum Gasteiger partial charge on any atom is 0.300 e. The number of hydrogen-bond donors (Lipinski definition) is 1. The average Bonchev–Trinajstić information content (AvgIpc) is 3.08.